The summed E-state index contributed by atoms with van der Waals surface area (Å²) in [6, 6.07) is 8.97. The summed E-state index contributed by atoms with van der Waals surface area (Å²) in [6.07, 6.45) is 1.22. The minimum atomic E-state index is -0.142. The minimum Gasteiger partial charge on any atom is -0.483 e. The van der Waals surface area contributed by atoms with Crippen LogP contribution in [-0.2, 0) is 9.59 Å². The van der Waals surface area contributed by atoms with E-state index in [1.54, 1.807) is 23.1 Å². The molecule has 2 aliphatic rings. The van der Waals surface area contributed by atoms with Crippen LogP contribution in [0.1, 0.15) is 24.0 Å². The highest BCUT2D eigenvalue weighted by atomic mass is 35.5. The fourth-order valence-corrected chi connectivity index (χ4v) is 4.29. The molecule has 2 aromatic rings. The van der Waals surface area contributed by atoms with Gasteiger partial charge in [-0.25, -0.2) is 0 Å². The summed E-state index contributed by atoms with van der Waals surface area (Å²) in [5.41, 5.74) is 2.48. The smallest absolute Gasteiger partial charge is 0.260 e. The standard InChI is InChI=1S/C23H25ClN2O5/c1-14-9-17(24)10-15(2)22(14)29-12-21(27)26-7-5-16(6-8-26)23(28)25-18-3-4-19-20(11-18)31-13-30-19/h3-4,9-11,16H,5-8,12-13H2,1-2H3,(H,25,28). The molecule has 0 aliphatic carbocycles. The second-order valence-electron chi connectivity index (χ2n) is 7.87. The first-order chi connectivity index (χ1) is 14.9. The summed E-state index contributed by atoms with van der Waals surface area (Å²) in [6.45, 7) is 5.03. The van der Waals surface area contributed by atoms with Crippen molar-refractivity contribution in [2.45, 2.75) is 26.7 Å². The molecule has 2 aromatic carbocycles. The Morgan fingerprint density at radius 3 is 2.48 bits per heavy atom. The topological polar surface area (TPSA) is 77.1 Å². The Hall–Kier alpha value is -2.93. The quantitative estimate of drug-likeness (QED) is 0.755. The number of ether oxygens (including phenoxy) is 3. The number of amides is 2. The number of nitrogens with zero attached hydrogens (tertiary/aromatic N) is 1. The van der Waals surface area contributed by atoms with Gasteiger partial charge >= 0.3 is 0 Å². The highest BCUT2D eigenvalue weighted by Crippen LogP contribution is 2.34. The number of rotatable bonds is 5. The molecule has 164 valence electrons. The van der Waals surface area contributed by atoms with Gasteiger partial charge in [0, 0.05) is 35.8 Å². The zero-order valence-electron chi connectivity index (χ0n) is 17.6. The molecule has 2 amide bonds. The van der Waals surface area contributed by atoms with E-state index in [0.29, 0.717) is 53.9 Å². The molecule has 4 rings (SSSR count). The first kappa shape index (κ1) is 21.3. The largest absolute Gasteiger partial charge is 0.483 e. The van der Waals surface area contributed by atoms with Gasteiger partial charge in [0.1, 0.15) is 5.75 Å². The third-order valence-corrected chi connectivity index (χ3v) is 5.84. The lowest BCUT2D eigenvalue weighted by Crippen LogP contribution is -2.43. The summed E-state index contributed by atoms with van der Waals surface area (Å²) < 4.78 is 16.4. The summed E-state index contributed by atoms with van der Waals surface area (Å²) >= 11 is 6.05. The molecular formula is C23H25ClN2O5. The van der Waals surface area contributed by atoms with Crippen molar-refractivity contribution >= 4 is 29.1 Å². The third-order valence-electron chi connectivity index (χ3n) is 5.62. The molecule has 0 atom stereocenters. The van der Waals surface area contributed by atoms with Crippen LogP contribution in [0.5, 0.6) is 17.2 Å². The van der Waals surface area contributed by atoms with Gasteiger partial charge < -0.3 is 24.4 Å². The third kappa shape index (κ3) is 4.88. The molecule has 0 spiro atoms. The van der Waals surface area contributed by atoms with Gasteiger partial charge in [0.2, 0.25) is 12.7 Å². The number of benzene rings is 2. The molecule has 1 fully saturated rings. The van der Waals surface area contributed by atoms with Crippen LogP contribution >= 0.6 is 11.6 Å². The summed E-state index contributed by atoms with van der Waals surface area (Å²) in [5.74, 6) is 1.73. The van der Waals surface area contributed by atoms with Crippen molar-refractivity contribution in [2.75, 3.05) is 31.8 Å². The number of nitrogens with one attached hydrogen (secondary N) is 1. The number of carbonyl (C=O) groups is 2. The molecule has 8 heteroatoms. The van der Waals surface area contributed by atoms with Crippen molar-refractivity contribution < 1.29 is 23.8 Å². The fourth-order valence-electron chi connectivity index (χ4n) is 3.96. The molecular weight excluding hydrogens is 420 g/mol. The van der Waals surface area contributed by atoms with Crippen LogP contribution in [0.15, 0.2) is 30.3 Å². The summed E-state index contributed by atoms with van der Waals surface area (Å²) in [7, 11) is 0. The summed E-state index contributed by atoms with van der Waals surface area (Å²) in [4.78, 5) is 27.0. The van der Waals surface area contributed by atoms with Crippen LogP contribution in [0, 0.1) is 19.8 Å². The molecule has 1 N–H and O–H groups in total. The minimum absolute atomic E-state index is 0.0304. The van der Waals surface area contributed by atoms with Crippen LogP contribution in [0.4, 0.5) is 5.69 Å². The van der Waals surface area contributed by atoms with Gasteiger partial charge in [-0.1, -0.05) is 11.6 Å². The fraction of sp³-hybridized carbons (Fsp3) is 0.391. The second-order valence-corrected chi connectivity index (χ2v) is 8.31. The van der Waals surface area contributed by atoms with E-state index in [1.165, 1.54) is 0 Å². The Morgan fingerprint density at radius 1 is 1.10 bits per heavy atom. The maximum atomic E-state index is 12.6. The molecule has 0 aromatic heterocycles. The monoisotopic (exact) mass is 444 g/mol. The Bertz CT molecular complexity index is 978. The first-order valence-electron chi connectivity index (χ1n) is 10.3. The molecule has 0 radical (unpaired) electrons. The number of carbonyl (C=O) groups excluding carboxylic acids is 2. The van der Waals surface area contributed by atoms with Gasteiger partial charge in [0.15, 0.2) is 18.1 Å². The lowest BCUT2D eigenvalue weighted by molar-refractivity contribution is -0.136. The maximum absolute atomic E-state index is 12.6. The summed E-state index contributed by atoms with van der Waals surface area (Å²) in [5, 5.41) is 3.58. The first-order valence-corrected chi connectivity index (χ1v) is 10.7. The van der Waals surface area contributed by atoms with Crippen molar-refractivity contribution in [3.05, 3.63) is 46.5 Å². The van der Waals surface area contributed by atoms with Gasteiger partial charge in [-0.15, -0.1) is 0 Å². The molecule has 1 saturated heterocycles. The Morgan fingerprint density at radius 2 is 1.77 bits per heavy atom. The Balaban J connectivity index is 1.26. The number of hydrogen-bond donors (Lipinski definition) is 1. The molecule has 2 aliphatic heterocycles. The van der Waals surface area contributed by atoms with E-state index >= 15 is 0 Å². The van der Waals surface area contributed by atoms with Crippen molar-refractivity contribution in [1.29, 1.82) is 0 Å². The number of likely N-dealkylation sites (tertiary alicyclic amines) is 1. The second kappa shape index (κ2) is 9.06. The normalized spacial score (nSPS) is 15.6. The molecule has 7 nitrogen and oxygen atoms in total. The van der Waals surface area contributed by atoms with Gasteiger partial charge in [-0.2, -0.15) is 0 Å². The number of fused-ring (bicyclic) bond motifs is 1. The molecule has 0 saturated carbocycles. The van der Waals surface area contributed by atoms with E-state index in [-0.39, 0.29) is 31.1 Å². The van der Waals surface area contributed by atoms with Crippen LogP contribution in [0.2, 0.25) is 5.02 Å². The maximum Gasteiger partial charge on any atom is 0.260 e. The van der Waals surface area contributed by atoms with E-state index in [1.807, 2.05) is 26.0 Å². The average Bonchev–Trinajstić information content (AvgIpc) is 3.21. The Labute approximate surface area is 186 Å². The highest BCUT2D eigenvalue weighted by molar-refractivity contribution is 6.30. The number of aryl methyl sites for hydroxylation is 2. The van der Waals surface area contributed by atoms with E-state index in [4.69, 9.17) is 25.8 Å². The van der Waals surface area contributed by atoms with Gasteiger partial charge in [-0.05, 0) is 62.1 Å². The van der Waals surface area contributed by atoms with E-state index < -0.39 is 0 Å². The lowest BCUT2D eigenvalue weighted by atomic mass is 9.95. The van der Waals surface area contributed by atoms with Crippen molar-refractivity contribution in [3.8, 4) is 17.2 Å². The van der Waals surface area contributed by atoms with E-state index in [2.05, 4.69) is 5.32 Å². The Kier molecular flexibility index (Phi) is 6.23. The van der Waals surface area contributed by atoms with Crippen molar-refractivity contribution in [1.82, 2.24) is 4.90 Å². The van der Waals surface area contributed by atoms with Crippen LogP contribution in [0.25, 0.3) is 0 Å². The highest BCUT2D eigenvalue weighted by Gasteiger charge is 2.28. The van der Waals surface area contributed by atoms with Gasteiger partial charge in [-0.3, -0.25) is 9.59 Å². The molecule has 0 unspecified atom stereocenters. The molecule has 0 bridgehead atoms. The SMILES string of the molecule is Cc1cc(Cl)cc(C)c1OCC(=O)N1CCC(C(=O)Nc2ccc3c(c2)OCO3)CC1. The van der Waals surface area contributed by atoms with Crippen molar-refractivity contribution in [2.24, 2.45) is 5.92 Å². The van der Waals surface area contributed by atoms with Gasteiger partial charge in [0.05, 0.1) is 0 Å². The van der Waals surface area contributed by atoms with Crippen LogP contribution in [0.3, 0.4) is 0 Å². The average molecular weight is 445 g/mol. The predicted molar refractivity (Wildman–Crippen MR) is 117 cm³/mol. The van der Waals surface area contributed by atoms with Crippen LogP contribution in [-0.4, -0.2) is 43.2 Å². The lowest BCUT2D eigenvalue weighted by Gasteiger charge is -2.31. The number of halogens is 1. The number of hydrogen-bond acceptors (Lipinski definition) is 5. The predicted octanol–water partition coefficient (Wildman–Crippen LogP) is 3.94. The number of anilines is 1. The zero-order valence-corrected chi connectivity index (χ0v) is 18.3. The zero-order chi connectivity index (χ0) is 22.0. The van der Waals surface area contributed by atoms with E-state index in [0.717, 1.165) is 11.1 Å². The van der Waals surface area contributed by atoms with E-state index in [9.17, 15) is 9.59 Å². The number of piperidine rings is 1. The van der Waals surface area contributed by atoms with Gasteiger partial charge in [0.25, 0.3) is 5.91 Å². The van der Waals surface area contributed by atoms with Crippen LogP contribution < -0.4 is 19.5 Å². The van der Waals surface area contributed by atoms with Crippen molar-refractivity contribution in [3.63, 3.8) is 0 Å². The molecule has 31 heavy (non-hydrogen) atoms. The molecule has 2 heterocycles.